The first-order valence-corrected chi connectivity index (χ1v) is 6.34. The van der Waals surface area contributed by atoms with E-state index in [1.165, 1.54) is 0 Å². The van der Waals surface area contributed by atoms with Crippen molar-refractivity contribution in [2.45, 2.75) is 13.0 Å². The average Bonchev–Trinajstić information content (AvgIpc) is 2.96. The van der Waals surface area contributed by atoms with E-state index in [0.717, 1.165) is 23.5 Å². The summed E-state index contributed by atoms with van der Waals surface area (Å²) in [6.07, 6.45) is 6.39. The van der Waals surface area contributed by atoms with Crippen LogP contribution in [0.5, 0.6) is 0 Å². The molecule has 0 atom stereocenters. The number of aromatic nitrogens is 5. The molecule has 0 spiro atoms. The van der Waals surface area contributed by atoms with Gasteiger partial charge in [0.15, 0.2) is 0 Å². The summed E-state index contributed by atoms with van der Waals surface area (Å²) in [6.45, 7) is 1.16. The highest BCUT2D eigenvalue weighted by Crippen LogP contribution is 2.12. The molecule has 0 fully saturated rings. The van der Waals surface area contributed by atoms with E-state index in [4.69, 9.17) is 17.3 Å². The Morgan fingerprint density at radius 2 is 2.05 bits per heavy atom. The maximum absolute atomic E-state index is 5.94. The summed E-state index contributed by atoms with van der Waals surface area (Å²) in [7, 11) is 0. The van der Waals surface area contributed by atoms with E-state index in [1.807, 2.05) is 35.1 Å². The molecule has 0 unspecified atom stereocenters. The van der Waals surface area contributed by atoms with Gasteiger partial charge in [-0.3, -0.25) is 0 Å². The van der Waals surface area contributed by atoms with Gasteiger partial charge in [-0.05, 0) is 18.7 Å². The van der Waals surface area contributed by atoms with Crippen LogP contribution < -0.4 is 5.73 Å². The summed E-state index contributed by atoms with van der Waals surface area (Å²) < 4.78 is 3.66. The summed E-state index contributed by atoms with van der Waals surface area (Å²) in [4.78, 5) is 4.50. The number of nitrogens with zero attached hydrogens (tertiary/aromatic N) is 5. The Morgan fingerprint density at radius 3 is 2.89 bits per heavy atom. The molecule has 0 aliphatic carbocycles. The topological polar surface area (TPSA) is 74.0 Å². The molecule has 0 aromatic carbocycles. The van der Waals surface area contributed by atoms with Gasteiger partial charge in [-0.1, -0.05) is 16.8 Å². The van der Waals surface area contributed by atoms with Crippen molar-refractivity contribution in [3.05, 3.63) is 47.1 Å². The molecule has 0 aliphatic rings. The van der Waals surface area contributed by atoms with Crippen LogP contribution in [-0.4, -0.2) is 30.9 Å². The third-order valence-corrected chi connectivity index (χ3v) is 3.00. The highest BCUT2D eigenvalue weighted by molar-refractivity contribution is 6.30. The van der Waals surface area contributed by atoms with Gasteiger partial charge < -0.3 is 10.1 Å². The molecule has 0 saturated carbocycles. The third-order valence-electron chi connectivity index (χ3n) is 2.78. The Kier molecular flexibility index (Phi) is 3.18. The highest BCUT2D eigenvalue weighted by atomic mass is 35.5. The second-order valence-electron chi connectivity index (χ2n) is 4.29. The number of hydrogen-bond donors (Lipinski definition) is 1. The van der Waals surface area contributed by atoms with E-state index in [1.54, 1.807) is 4.68 Å². The van der Waals surface area contributed by atoms with Gasteiger partial charge in [0.1, 0.15) is 5.65 Å². The van der Waals surface area contributed by atoms with Crippen LogP contribution in [0.15, 0.2) is 30.7 Å². The molecule has 19 heavy (non-hydrogen) atoms. The molecular weight excluding hydrogens is 264 g/mol. The number of pyridine rings is 1. The second kappa shape index (κ2) is 4.99. The fourth-order valence-electron chi connectivity index (χ4n) is 1.94. The first kappa shape index (κ1) is 12.1. The molecule has 98 valence electrons. The lowest BCUT2D eigenvalue weighted by Gasteiger charge is -1.94. The minimum atomic E-state index is 0.575. The van der Waals surface area contributed by atoms with E-state index in [0.29, 0.717) is 18.1 Å². The second-order valence-corrected chi connectivity index (χ2v) is 4.73. The van der Waals surface area contributed by atoms with Crippen LogP contribution in [0.3, 0.4) is 0 Å². The predicted molar refractivity (Wildman–Crippen MR) is 72.1 cm³/mol. The molecule has 0 bridgehead atoms. The summed E-state index contributed by atoms with van der Waals surface area (Å²) in [5.74, 6) is 0. The van der Waals surface area contributed by atoms with Crippen LogP contribution in [0.4, 0.5) is 0 Å². The molecule has 0 radical (unpaired) electrons. The average molecular weight is 277 g/mol. The molecule has 0 amide bonds. The number of halogens is 1. The molecule has 0 saturated heterocycles. The van der Waals surface area contributed by atoms with Crippen LogP contribution in [0.2, 0.25) is 5.02 Å². The Morgan fingerprint density at radius 1 is 1.16 bits per heavy atom. The van der Waals surface area contributed by atoms with E-state index >= 15 is 0 Å². The minimum Gasteiger partial charge on any atom is -0.330 e. The standard InChI is InChI=1S/C12H13ClN6/c13-9-1-2-12-15-11(6-18(12)5-9)8-19-7-10(3-4-14)16-17-19/h1-2,5-7H,3-4,8,14H2. The lowest BCUT2D eigenvalue weighted by atomic mass is 10.3. The maximum Gasteiger partial charge on any atom is 0.137 e. The van der Waals surface area contributed by atoms with Crippen LogP contribution in [0.25, 0.3) is 5.65 Å². The van der Waals surface area contributed by atoms with Gasteiger partial charge in [-0.15, -0.1) is 5.10 Å². The van der Waals surface area contributed by atoms with E-state index in [9.17, 15) is 0 Å². The van der Waals surface area contributed by atoms with Crippen molar-refractivity contribution in [1.29, 1.82) is 0 Å². The van der Waals surface area contributed by atoms with Crippen LogP contribution in [0.1, 0.15) is 11.4 Å². The maximum atomic E-state index is 5.94. The zero-order valence-electron chi connectivity index (χ0n) is 10.2. The summed E-state index contributed by atoms with van der Waals surface area (Å²) in [5.41, 5.74) is 8.15. The van der Waals surface area contributed by atoms with Crippen LogP contribution >= 0.6 is 11.6 Å². The quantitative estimate of drug-likeness (QED) is 0.775. The minimum absolute atomic E-state index is 0.575. The molecular formula is C12H13ClN6. The Bertz CT molecular complexity index is 701. The van der Waals surface area contributed by atoms with Gasteiger partial charge in [0, 0.05) is 25.0 Å². The zero-order valence-corrected chi connectivity index (χ0v) is 11.0. The predicted octanol–water partition coefficient (Wildman–Crippen LogP) is 1.13. The summed E-state index contributed by atoms with van der Waals surface area (Å²) in [5, 5.41) is 8.78. The third kappa shape index (κ3) is 2.59. The number of rotatable bonds is 4. The van der Waals surface area contributed by atoms with Gasteiger partial charge in [0.2, 0.25) is 0 Å². The van der Waals surface area contributed by atoms with Gasteiger partial charge in [0.05, 0.1) is 23.0 Å². The molecule has 3 aromatic rings. The fourth-order valence-corrected chi connectivity index (χ4v) is 2.11. The Labute approximate surface area is 114 Å². The van der Waals surface area contributed by atoms with Crippen molar-refractivity contribution < 1.29 is 0 Å². The van der Waals surface area contributed by atoms with Crippen molar-refractivity contribution in [2.75, 3.05) is 6.54 Å². The molecule has 0 aliphatic heterocycles. The lowest BCUT2D eigenvalue weighted by Crippen LogP contribution is -2.03. The molecule has 3 heterocycles. The smallest absolute Gasteiger partial charge is 0.137 e. The molecule has 2 N–H and O–H groups in total. The molecule has 6 nitrogen and oxygen atoms in total. The van der Waals surface area contributed by atoms with E-state index in [-0.39, 0.29) is 0 Å². The van der Waals surface area contributed by atoms with Gasteiger partial charge in [-0.25, -0.2) is 9.67 Å². The first-order valence-electron chi connectivity index (χ1n) is 5.97. The normalized spacial score (nSPS) is 11.3. The zero-order chi connectivity index (χ0) is 13.2. The highest BCUT2D eigenvalue weighted by Gasteiger charge is 2.05. The van der Waals surface area contributed by atoms with Crippen molar-refractivity contribution in [3.63, 3.8) is 0 Å². The molecule has 3 aromatic heterocycles. The van der Waals surface area contributed by atoms with Crippen LogP contribution in [0, 0.1) is 0 Å². The first-order chi connectivity index (χ1) is 9.24. The van der Waals surface area contributed by atoms with E-state index in [2.05, 4.69) is 15.3 Å². The fraction of sp³-hybridized carbons (Fsp3) is 0.250. The summed E-state index contributed by atoms with van der Waals surface area (Å²) >= 11 is 5.94. The van der Waals surface area contributed by atoms with Gasteiger partial charge in [-0.2, -0.15) is 0 Å². The van der Waals surface area contributed by atoms with E-state index < -0.39 is 0 Å². The van der Waals surface area contributed by atoms with Gasteiger partial charge in [0.25, 0.3) is 0 Å². The Balaban J connectivity index is 1.83. The van der Waals surface area contributed by atoms with Gasteiger partial charge >= 0.3 is 0 Å². The van der Waals surface area contributed by atoms with Crippen molar-refractivity contribution in [1.82, 2.24) is 24.4 Å². The largest absolute Gasteiger partial charge is 0.330 e. The lowest BCUT2D eigenvalue weighted by molar-refractivity contribution is 0.640. The van der Waals surface area contributed by atoms with Crippen molar-refractivity contribution >= 4 is 17.2 Å². The Hall–Kier alpha value is -1.92. The molecule has 7 heteroatoms. The molecule has 3 rings (SSSR count). The number of fused-ring (bicyclic) bond motifs is 1. The number of hydrogen-bond acceptors (Lipinski definition) is 4. The summed E-state index contributed by atoms with van der Waals surface area (Å²) in [6, 6.07) is 3.70. The number of nitrogens with two attached hydrogens (primary N) is 1. The number of imidazole rings is 1. The van der Waals surface area contributed by atoms with Crippen molar-refractivity contribution in [3.8, 4) is 0 Å². The monoisotopic (exact) mass is 276 g/mol. The van der Waals surface area contributed by atoms with Crippen LogP contribution in [-0.2, 0) is 13.0 Å². The van der Waals surface area contributed by atoms with Crippen molar-refractivity contribution in [2.24, 2.45) is 5.73 Å². The SMILES string of the molecule is NCCc1cn(Cc2cn3cc(Cl)ccc3n2)nn1.